The first-order valence-corrected chi connectivity index (χ1v) is 11.8. The highest BCUT2D eigenvalue weighted by Crippen LogP contribution is 2.24. The van der Waals surface area contributed by atoms with Gasteiger partial charge >= 0.3 is 5.69 Å². The Balaban J connectivity index is 1.54. The molecule has 0 atom stereocenters. The zero-order valence-electron chi connectivity index (χ0n) is 20.4. The number of fused-ring (bicyclic) bond motifs is 2. The van der Waals surface area contributed by atoms with Gasteiger partial charge in [0.05, 0.1) is 6.54 Å². The standard InChI is InChI=1S/C24H24ClN9O3/c1-12-9-19(29-18(27-12)8-7-17(26)35)30-23-31-21-20(32(23)2)22(36)34(24(37)33(21)3)11-13-10-14-15(25)5-4-6-16(14)28-13/h4-6,9-10,28H,7-8,11H2,1-3H3,(H2,26,35)(H,27,29,30,31). The van der Waals surface area contributed by atoms with Crippen LogP contribution in [0, 0.1) is 6.92 Å². The SMILES string of the molecule is Cc1cc(Nc2nc3c(c(=O)n(Cc4cc5c(Cl)cccc5[nH]4)c(=O)n3C)n2C)nc(CCC(N)=O)n1. The normalized spacial score (nSPS) is 11.5. The van der Waals surface area contributed by atoms with Crippen molar-refractivity contribution in [2.24, 2.45) is 19.8 Å². The summed E-state index contributed by atoms with van der Waals surface area (Å²) in [5.41, 5.74) is 6.91. The van der Waals surface area contributed by atoms with E-state index in [-0.39, 0.29) is 24.1 Å². The molecular weight excluding hydrogens is 498 g/mol. The van der Waals surface area contributed by atoms with E-state index in [0.29, 0.717) is 40.4 Å². The molecule has 0 fully saturated rings. The molecule has 13 heteroatoms. The molecule has 0 spiro atoms. The van der Waals surface area contributed by atoms with E-state index in [9.17, 15) is 14.4 Å². The van der Waals surface area contributed by atoms with Crippen LogP contribution in [-0.4, -0.2) is 39.5 Å². The summed E-state index contributed by atoms with van der Waals surface area (Å²) in [5, 5.41) is 4.49. The second-order valence-electron chi connectivity index (χ2n) is 8.80. The van der Waals surface area contributed by atoms with Gasteiger partial charge in [-0.05, 0) is 25.1 Å². The van der Waals surface area contributed by atoms with Crippen molar-refractivity contribution in [3.63, 3.8) is 0 Å². The average Bonchev–Trinajstić information content (AvgIpc) is 3.40. The zero-order chi connectivity index (χ0) is 26.4. The van der Waals surface area contributed by atoms with Crippen LogP contribution in [0.3, 0.4) is 0 Å². The van der Waals surface area contributed by atoms with Crippen molar-refractivity contribution in [1.29, 1.82) is 0 Å². The number of nitrogens with one attached hydrogen (secondary N) is 2. The van der Waals surface area contributed by atoms with Crippen molar-refractivity contribution in [2.45, 2.75) is 26.3 Å². The number of aromatic amines is 1. The Morgan fingerprint density at radius 1 is 1.14 bits per heavy atom. The van der Waals surface area contributed by atoms with Gasteiger partial charge < -0.3 is 20.6 Å². The van der Waals surface area contributed by atoms with E-state index in [1.165, 1.54) is 4.57 Å². The summed E-state index contributed by atoms with van der Waals surface area (Å²) in [6.45, 7) is 1.84. The number of aromatic nitrogens is 7. The summed E-state index contributed by atoms with van der Waals surface area (Å²) in [7, 11) is 3.24. The van der Waals surface area contributed by atoms with Gasteiger partial charge in [-0.15, -0.1) is 0 Å². The molecule has 0 aliphatic heterocycles. The molecule has 0 saturated carbocycles. The minimum Gasteiger partial charge on any atom is -0.370 e. The summed E-state index contributed by atoms with van der Waals surface area (Å²) in [6.07, 6.45) is 0.422. The molecular formula is C24H24ClN9O3. The number of primary amides is 1. The first-order valence-electron chi connectivity index (χ1n) is 11.4. The number of nitrogens with two attached hydrogens (primary N) is 1. The smallest absolute Gasteiger partial charge is 0.332 e. The van der Waals surface area contributed by atoms with Gasteiger partial charge in [-0.25, -0.2) is 14.8 Å². The maximum Gasteiger partial charge on any atom is 0.332 e. The predicted molar refractivity (Wildman–Crippen MR) is 140 cm³/mol. The van der Waals surface area contributed by atoms with Crippen LogP contribution in [0.4, 0.5) is 11.8 Å². The molecule has 5 rings (SSSR count). The largest absolute Gasteiger partial charge is 0.370 e. The van der Waals surface area contributed by atoms with Crippen LogP contribution >= 0.6 is 11.6 Å². The third-order valence-corrected chi connectivity index (χ3v) is 6.42. The molecule has 0 aliphatic carbocycles. The third kappa shape index (κ3) is 4.47. The monoisotopic (exact) mass is 521 g/mol. The Bertz CT molecular complexity index is 1810. The highest BCUT2D eigenvalue weighted by Gasteiger charge is 2.20. The number of carbonyl (C=O) groups is 1. The van der Waals surface area contributed by atoms with Gasteiger partial charge in [-0.3, -0.25) is 18.7 Å². The van der Waals surface area contributed by atoms with Crippen molar-refractivity contribution in [2.75, 3.05) is 5.32 Å². The van der Waals surface area contributed by atoms with Crippen LogP contribution in [0.25, 0.3) is 22.1 Å². The van der Waals surface area contributed by atoms with Crippen molar-refractivity contribution in [3.8, 4) is 0 Å². The van der Waals surface area contributed by atoms with Gasteiger partial charge in [0.2, 0.25) is 11.9 Å². The van der Waals surface area contributed by atoms with Gasteiger partial charge in [0.25, 0.3) is 5.56 Å². The zero-order valence-corrected chi connectivity index (χ0v) is 21.1. The topological polar surface area (TPSA) is 159 Å². The van der Waals surface area contributed by atoms with Crippen molar-refractivity contribution in [1.82, 2.24) is 33.6 Å². The van der Waals surface area contributed by atoms with Crippen LogP contribution in [0.1, 0.15) is 23.6 Å². The molecule has 37 heavy (non-hydrogen) atoms. The first kappa shape index (κ1) is 24.3. The van der Waals surface area contributed by atoms with E-state index >= 15 is 0 Å². The number of imidazole rings is 1. The van der Waals surface area contributed by atoms with Crippen LogP contribution < -0.4 is 22.3 Å². The summed E-state index contributed by atoms with van der Waals surface area (Å²) in [6, 6.07) is 9.03. The number of benzene rings is 1. The van der Waals surface area contributed by atoms with Crippen molar-refractivity contribution >= 4 is 51.3 Å². The van der Waals surface area contributed by atoms with E-state index in [2.05, 4.69) is 25.3 Å². The third-order valence-electron chi connectivity index (χ3n) is 6.09. The summed E-state index contributed by atoms with van der Waals surface area (Å²) in [4.78, 5) is 54.2. The molecule has 1 aromatic carbocycles. The summed E-state index contributed by atoms with van der Waals surface area (Å²) < 4.78 is 4.07. The summed E-state index contributed by atoms with van der Waals surface area (Å²) >= 11 is 6.28. The van der Waals surface area contributed by atoms with E-state index < -0.39 is 17.2 Å². The number of hydrogen-bond donors (Lipinski definition) is 3. The number of amides is 1. The van der Waals surface area contributed by atoms with Gasteiger partial charge in [0.15, 0.2) is 11.2 Å². The highest BCUT2D eigenvalue weighted by molar-refractivity contribution is 6.35. The number of H-pyrrole nitrogens is 1. The minimum atomic E-state index is -0.501. The fourth-order valence-corrected chi connectivity index (χ4v) is 4.51. The van der Waals surface area contributed by atoms with Gasteiger partial charge in [0.1, 0.15) is 11.6 Å². The highest BCUT2D eigenvalue weighted by atomic mass is 35.5. The number of halogens is 1. The van der Waals surface area contributed by atoms with Crippen LogP contribution in [0.5, 0.6) is 0 Å². The molecule has 4 heterocycles. The molecule has 1 amide bonds. The molecule has 0 radical (unpaired) electrons. The molecule has 190 valence electrons. The molecule has 0 bridgehead atoms. The molecule has 0 saturated heterocycles. The quantitative estimate of drug-likeness (QED) is 0.295. The minimum absolute atomic E-state index is 0.0364. The number of aryl methyl sites for hydroxylation is 4. The van der Waals surface area contributed by atoms with E-state index in [4.69, 9.17) is 17.3 Å². The van der Waals surface area contributed by atoms with E-state index in [1.54, 1.807) is 37.7 Å². The Hall–Kier alpha value is -4.45. The van der Waals surface area contributed by atoms with Crippen molar-refractivity contribution in [3.05, 3.63) is 73.4 Å². The van der Waals surface area contributed by atoms with Crippen LogP contribution in [0.15, 0.2) is 39.9 Å². The Morgan fingerprint density at radius 2 is 1.92 bits per heavy atom. The number of hydrogen-bond acceptors (Lipinski definition) is 7. The van der Waals surface area contributed by atoms with E-state index in [1.807, 2.05) is 18.2 Å². The maximum atomic E-state index is 13.5. The first-order chi connectivity index (χ1) is 17.6. The van der Waals surface area contributed by atoms with Gasteiger partial charge in [-0.2, -0.15) is 4.98 Å². The molecule has 5 aromatic rings. The molecule has 4 aromatic heterocycles. The van der Waals surface area contributed by atoms with Gasteiger partial charge in [0, 0.05) is 60.3 Å². The fourth-order valence-electron chi connectivity index (χ4n) is 4.28. The number of rotatable bonds is 7. The lowest BCUT2D eigenvalue weighted by molar-refractivity contribution is -0.118. The molecule has 0 unspecified atom stereocenters. The van der Waals surface area contributed by atoms with Crippen LogP contribution in [-0.2, 0) is 31.9 Å². The molecule has 0 aliphatic rings. The van der Waals surface area contributed by atoms with Crippen LogP contribution in [0.2, 0.25) is 5.02 Å². The fraction of sp³-hybridized carbons (Fsp3) is 0.250. The van der Waals surface area contributed by atoms with Crippen molar-refractivity contribution < 1.29 is 4.79 Å². The predicted octanol–water partition coefficient (Wildman–Crippen LogP) is 1.88. The lowest BCUT2D eigenvalue weighted by atomic mass is 10.2. The number of carbonyl (C=O) groups excluding carboxylic acids is 1. The maximum absolute atomic E-state index is 13.5. The lowest BCUT2D eigenvalue weighted by Crippen LogP contribution is -2.39. The summed E-state index contributed by atoms with van der Waals surface area (Å²) in [5.74, 6) is 0.762. The number of anilines is 2. The Kier molecular flexibility index (Phi) is 6.04. The second kappa shape index (κ2) is 9.21. The van der Waals surface area contributed by atoms with E-state index in [0.717, 1.165) is 15.5 Å². The number of nitrogens with zero attached hydrogens (tertiary/aromatic N) is 6. The second-order valence-corrected chi connectivity index (χ2v) is 9.20. The average molecular weight is 522 g/mol. The van der Waals surface area contributed by atoms with Gasteiger partial charge in [-0.1, -0.05) is 17.7 Å². The Morgan fingerprint density at radius 3 is 2.65 bits per heavy atom. The Labute approximate surface area is 214 Å². The molecule has 12 nitrogen and oxygen atoms in total. The molecule has 4 N–H and O–H groups in total. The lowest BCUT2D eigenvalue weighted by Gasteiger charge is -2.09.